The Morgan fingerprint density at radius 3 is 2.78 bits per heavy atom. The van der Waals surface area contributed by atoms with Crippen molar-refractivity contribution in [2.24, 2.45) is 5.92 Å². The van der Waals surface area contributed by atoms with E-state index in [1.165, 1.54) is 31.5 Å². The summed E-state index contributed by atoms with van der Waals surface area (Å²) in [6.45, 7) is 11.1. The molecule has 0 aliphatic carbocycles. The number of amides is 1. The third-order valence-corrected chi connectivity index (χ3v) is 5.46. The van der Waals surface area contributed by atoms with Crippen LogP contribution in [-0.2, 0) is 6.54 Å². The Hall–Kier alpha value is -2.14. The molecule has 2 heterocycles. The number of nitrogens with one attached hydrogen (secondary N) is 1. The van der Waals surface area contributed by atoms with Gasteiger partial charge in [0.05, 0.1) is 17.8 Å². The standard InChI is InChI=1S/C22H32N4O/c1-17-9-7-13-25(15-17)14-8-12-23-22(27)21-18(2)24-26(19(21)3)16-20-10-5-4-6-11-20/h4-6,10-11,17H,7-9,12-16H2,1-3H3,(H,23,27). The fraction of sp³-hybridized carbons (Fsp3) is 0.545. The predicted molar refractivity (Wildman–Crippen MR) is 109 cm³/mol. The first-order chi connectivity index (χ1) is 13.0. The molecule has 2 aromatic rings. The quantitative estimate of drug-likeness (QED) is 0.762. The summed E-state index contributed by atoms with van der Waals surface area (Å²) < 4.78 is 1.93. The van der Waals surface area contributed by atoms with Gasteiger partial charge in [0.15, 0.2) is 0 Å². The van der Waals surface area contributed by atoms with Crippen molar-refractivity contribution in [1.29, 1.82) is 0 Å². The molecule has 27 heavy (non-hydrogen) atoms. The Labute approximate surface area is 162 Å². The number of carbonyl (C=O) groups excluding carboxylic acids is 1. The van der Waals surface area contributed by atoms with E-state index in [9.17, 15) is 4.79 Å². The van der Waals surface area contributed by atoms with Crippen molar-refractivity contribution in [2.45, 2.75) is 46.6 Å². The number of hydrogen-bond donors (Lipinski definition) is 1. The van der Waals surface area contributed by atoms with Gasteiger partial charge in [0.25, 0.3) is 5.91 Å². The van der Waals surface area contributed by atoms with Gasteiger partial charge >= 0.3 is 0 Å². The van der Waals surface area contributed by atoms with Gasteiger partial charge < -0.3 is 10.2 Å². The molecule has 0 bridgehead atoms. The molecule has 3 rings (SSSR count). The van der Waals surface area contributed by atoms with Crippen molar-refractivity contribution in [3.05, 3.63) is 52.8 Å². The number of aromatic nitrogens is 2. The Kier molecular flexibility index (Phi) is 6.67. The van der Waals surface area contributed by atoms with E-state index in [4.69, 9.17) is 0 Å². The van der Waals surface area contributed by atoms with Crippen LogP contribution in [0.4, 0.5) is 0 Å². The van der Waals surface area contributed by atoms with Crippen LogP contribution < -0.4 is 5.32 Å². The van der Waals surface area contributed by atoms with Gasteiger partial charge in [-0.25, -0.2) is 0 Å². The molecule has 1 fully saturated rings. The molecule has 1 aromatic carbocycles. The summed E-state index contributed by atoms with van der Waals surface area (Å²) in [5, 5.41) is 7.67. The number of hydrogen-bond acceptors (Lipinski definition) is 3. The van der Waals surface area contributed by atoms with Crippen LogP contribution >= 0.6 is 0 Å². The lowest BCUT2D eigenvalue weighted by Crippen LogP contribution is -2.36. The topological polar surface area (TPSA) is 50.2 Å². The maximum absolute atomic E-state index is 12.7. The lowest BCUT2D eigenvalue weighted by atomic mass is 10.0. The SMILES string of the molecule is Cc1nn(Cc2ccccc2)c(C)c1C(=O)NCCCN1CCCC(C)C1. The largest absolute Gasteiger partial charge is 0.352 e. The average Bonchev–Trinajstić information content (AvgIpc) is 2.93. The predicted octanol–water partition coefficient (Wildman–Crippen LogP) is 3.40. The molecule has 1 aliphatic rings. The van der Waals surface area contributed by atoms with Crippen LogP contribution in [0.3, 0.4) is 0 Å². The molecule has 5 nitrogen and oxygen atoms in total. The van der Waals surface area contributed by atoms with E-state index in [-0.39, 0.29) is 5.91 Å². The van der Waals surface area contributed by atoms with Crippen LogP contribution in [0.5, 0.6) is 0 Å². The van der Waals surface area contributed by atoms with Crippen LogP contribution in [0, 0.1) is 19.8 Å². The molecule has 5 heteroatoms. The summed E-state index contributed by atoms with van der Waals surface area (Å²) in [6.07, 6.45) is 3.64. The Balaban J connectivity index is 1.52. The minimum absolute atomic E-state index is 0.00340. The molecule has 1 amide bonds. The molecule has 1 aliphatic heterocycles. The van der Waals surface area contributed by atoms with E-state index in [0.717, 1.165) is 35.8 Å². The third kappa shape index (κ3) is 5.19. The van der Waals surface area contributed by atoms with E-state index in [1.54, 1.807) is 0 Å². The minimum atomic E-state index is -0.00340. The van der Waals surface area contributed by atoms with Crippen molar-refractivity contribution < 1.29 is 4.79 Å². The Morgan fingerprint density at radius 2 is 2.04 bits per heavy atom. The lowest BCUT2D eigenvalue weighted by molar-refractivity contribution is 0.0948. The van der Waals surface area contributed by atoms with E-state index in [2.05, 4.69) is 34.4 Å². The first-order valence-corrected chi connectivity index (χ1v) is 10.1. The number of carbonyl (C=O) groups is 1. The first-order valence-electron chi connectivity index (χ1n) is 10.1. The van der Waals surface area contributed by atoms with Gasteiger partial charge in [0.1, 0.15) is 0 Å². The zero-order chi connectivity index (χ0) is 19.2. The maximum atomic E-state index is 12.7. The molecule has 0 saturated carbocycles. The fourth-order valence-corrected chi connectivity index (χ4v) is 4.02. The number of nitrogens with zero attached hydrogens (tertiary/aromatic N) is 3. The molecule has 1 saturated heterocycles. The summed E-state index contributed by atoms with van der Waals surface area (Å²) in [7, 11) is 0. The van der Waals surface area contributed by atoms with Gasteiger partial charge in [-0.1, -0.05) is 37.3 Å². The molecule has 0 spiro atoms. The minimum Gasteiger partial charge on any atom is -0.352 e. The van der Waals surface area contributed by atoms with Crippen molar-refractivity contribution in [3.8, 4) is 0 Å². The van der Waals surface area contributed by atoms with E-state index in [0.29, 0.717) is 13.1 Å². The molecule has 1 aromatic heterocycles. The van der Waals surface area contributed by atoms with Crippen molar-refractivity contribution in [3.63, 3.8) is 0 Å². The number of piperidine rings is 1. The van der Waals surface area contributed by atoms with Gasteiger partial charge in [-0.3, -0.25) is 9.48 Å². The van der Waals surface area contributed by atoms with Gasteiger partial charge in [0.2, 0.25) is 0 Å². The molecule has 1 N–H and O–H groups in total. The van der Waals surface area contributed by atoms with Crippen molar-refractivity contribution >= 4 is 5.91 Å². The molecule has 1 atom stereocenters. The van der Waals surface area contributed by atoms with E-state index in [1.807, 2.05) is 36.7 Å². The molecular formula is C22H32N4O. The van der Waals surface area contributed by atoms with Crippen LogP contribution in [0.15, 0.2) is 30.3 Å². The maximum Gasteiger partial charge on any atom is 0.255 e. The van der Waals surface area contributed by atoms with Crippen LogP contribution in [0.1, 0.15) is 53.5 Å². The average molecular weight is 369 g/mol. The van der Waals surface area contributed by atoms with Crippen LogP contribution in [-0.4, -0.2) is 46.8 Å². The zero-order valence-electron chi connectivity index (χ0n) is 16.9. The molecule has 0 radical (unpaired) electrons. The Bertz CT molecular complexity index is 753. The number of rotatable bonds is 7. The van der Waals surface area contributed by atoms with Gasteiger partial charge in [-0.2, -0.15) is 5.10 Å². The molecular weight excluding hydrogens is 336 g/mol. The van der Waals surface area contributed by atoms with Crippen LogP contribution in [0.2, 0.25) is 0 Å². The number of aryl methyl sites for hydroxylation is 1. The van der Waals surface area contributed by atoms with Crippen molar-refractivity contribution in [1.82, 2.24) is 20.0 Å². The summed E-state index contributed by atoms with van der Waals surface area (Å²) in [4.78, 5) is 15.2. The zero-order valence-corrected chi connectivity index (χ0v) is 16.9. The van der Waals surface area contributed by atoms with Gasteiger partial charge in [-0.15, -0.1) is 0 Å². The Morgan fingerprint density at radius 1 is 1.26 bits per heavy atom. The smallest absolute Gasteiger partial charge is 0.255 e. The second-order valence-electron chi connectivity index (χ2n) is 7.85. The highest BCUT2D eigenvalue weighted by atomic mass is 16.1. The molecule has 146 valence electrons. The fourth-order valence-electron chi connectivity index (χ4n) is 4.02. The molecule has 1 unspecified atom stereocenters. The number of benzene rings is 1. The third-order valence-electron chi connectivity index (χ3n) is 5.46. The number of likely N-dealkylation sites (tertiary alicyclic amines) is 1. The normalized spacial score (nSPS) is 17.8. The second kappa shape index (κ2) is 9.18. The van der Waals surface area contributed by atoms with E-state index < -0.39 is 0 Å². The summed E-state index contributed by atoms with van der Waals surface area (Å²) in [5.41, 5.74) is 3.63. The highest BCUT2D eigenvalue weighted by molar-refractivity contribution is 5.96. The lowest BCUT2D eigenvalue weighted by Gasteiger charge is -2.30. The van der Waals surface area contributed by atoms with Crippen LogP contribution in [0.25, 0.3) is 0 Å². The first kappa shape index (κ1) is 19.6. The van der Waals surface area contributed by atoms with E-state index >= 15 is 0 Å². The summed E-state index contributed by atoms with van der Waals surface area (Å²) in [5.74, 6) is 0.797. The summed E-state index contributed by atoms with van der Waals surface area (Å²) in [6, 6.07) is 10.2. The highest BCUT2D eigenvalue weighted by Gasteiger charge is 2.19. The monoisotopic (exact) mass is 368 g/mol. The highest BCUT2D eigenvalue weighted by Crippen LogP contribution is 2.16. The van der Waals surface area contributed by atoms with Gasteiger partial charge in [0, 0.05) is 18.8 Å². The second-order valence-corrected chi connectivity index (χ2v) is 7.85. The van der Waals surface area contributed by atoms with Gasteiger partial charge in [-0.05, 0) is 57.7 Å². The van der Waals surface area contributed by atoms with Crippen molar-refractivity contribution in [2.75, 3.05) is 26.2 Å². The summed E-state index contributed by atoms with van der Waals surface area (Å²) >= 11 is 0.